The molecular formula is C60H65N3O15. The maximum atomic E-state index is 15.3. The molecule has 5 aromatic carbocycles. The average molecular weight is 1070 g/mol. The van der Waals surface area contributed by atoms with E-state index in [2.05, 4.69) is 12.7 Å². The molecule has 0 spiro atoms. The van der Waals surface area contributed by atoms with Gasteiger partial charge in [-0.3, -0.25) is 19.8 Å². The molecule has 78 heavy (non-hydrogen) atoms. The number of nitro benzene ring substituents is 1. The van der Waals surface area contributed by atoms with Gasteiger partial charge in [0.05, 0.1) is 49.0 Å². The number of nitrogens with zero attached hydrogens (tertiary/aromatic N) is 3. The molecule has 410 valence electrons. The number of carbonyl (C=O) groups excluding carboxylic acids is 2. The molecule has 2 aliphatic carbocycles. The highest BCUT2D eigenvalue weighted by molar-refractivity contribution is 6.03. The molecule has 0 bridgehead atoms. The highest BCUT2D eigenvalue weighted by atomic mass is 16.7. The van der Waals surface area contributed by atoms with E-state index in [1.165, 1.54) is 19.2 Å². The Morgan fingerprint density at radius 2 is 1.59 bits per heavy atom. The molecule has 0 saturated heterocycles. The van der Waals surface area contributed by atoms with Crippen LogP contribution in [-0.4, -0.2) is 96.9 Å². The summed E-state index contributed by atoms with van der Waals surface area (Å²) >= 11 is 0. The van der Waals surface area contributed by atoms with E-state index >= 15 is 4.79 Å². The Hall–Kier alpha value is -7.77. The monoisotopic (exact) mass is 1070 g/mol. The first kappa shape index (κ1) is 55.0. The summed E-state index contributed by atoms with van der Waals surface area (Å²) in [7, 11) is 1.49. The number of aliphatic hydroxyl groups is 2. The van der Waals surface area contributed by atoms with Gasteiger partial charge in [0, 0.05) is 49.8 Å². The molecule has 9 rings (SSSR count). The number of rotatable bonds is 27. The van der Waals surface area contributed by atoms with Gasteiger partial charge < -0.3 is 52.9 Å². The lowest BCUT2D eigenvalue weighted by Gasteiger charge is -2.59. The molecule has 2 heterocycles. The number of unbranched alkanes of at least 4 members (excludes halogenated alkanes) is 2. The van der Waals surface area contributed by atoms with Gasteiger partial charge in [0.25, 0.3) is 5.69 Å². The minimum atomic E-state index is -1.66. The minimum absolute atomic E-state index is 0.00496. The highest BCUT2D eigenvalue weighted by Crippen LogP contribution is 2.62. The van der Waals surface area contributed by atoms with Crippen LogP contribution >= 0.6 is 0 Å². The van der Waals surface area contributed by atoms with Crippen molar-refractivity contribution in [1.82, 2.24) is 4.90 Å². The van der Waals surface area contributed by atoms with Gasteiger partial charge in [0.15, 0.2) is 17.8 Å². The van der Waals surface area contributed by atoms with Crippen molar-refractivity contribution in [3.8, 4) is 34.5 Å². The number of aliphatic hydroxyl groups excluding tert-OH is 2. The first-order valence-electron chi connectivity index (χ1n) is 26.3. The third-order valence-electron chi connectivity index (χ3n) is 14.7. The average Bonchev–Trinajstić information content (AvgIpc) is 3.90. The van der Waals surface area contributed by atoms with Crippen LogP contribution in [0.5, 0.6) is 34.5 Å². The van der Waals surface area contributed by atoms with E-state index in [1.54, 1.807) is 53.4 Å². The summed E-state index contributed by atoms with van der Waals surface area (Å²) in [5.41, 5.74) is 4.67. The molecule has 4 aliphatic rings. The zero-order valence-electron chi connectivity index (χ0n) is 43.6. The van der Waals surface area contributed by atoms with Crippen molar-refractivity contribution in [2.45, 2.75) is 82.5 Å². The Morgan fingerprint density at radius 3 is 2.35 bits per heavy atom. The van der Waals surface area contributed by atoms with Gasteiger partial charge in [-0.1, -0.05) is 66.5 Å². The standard InChI is InChI=1S/C60H65N3O15/c1-3-27-75-60-56(62(35-42-17-22-54-55(30-42)74-39-73-54)59(67)72-29-28-71-37-40-11-5-4-6-12-40)34-51(61-76-38-41-15-18-45(19-16-41)63(68)69)49-32-43(13-7-9-25-64)48(14-8-10-26-65)57(58(49)60)50-33-47(21-24-53(50)78-60)77-46-20-23-52(70-2)44(31-46)36-66/h3-6,11-12,15-24,30-33,36,43,48,56-58,64-65H,1,7-10,13-14,25-29,34-35,37-39H2,2H3. The third-order valence-corrected chi connectivity index (χ3v) is 14.7. The normalized spacial score (nSPS) is 21.0. The van der Waals surface area contributed by atoms with Crippen LogP contribution in [0.4, 0.5) is 10.5 Å². The number of nitro groups is 1. The van der Waals surface area contributed by atoms with Gasteiger partial charge in [0.2, 0.25) is 12.6 Å². The van der Waals surface area contributed by atoms with Crippen molar-refractivity contribution < 1.29 is 67.5 Å². The lowest BCUT2D eigenvalue weighted by atomic mass is 9.55. The SMILES string of the molecule is C=CCOC12Oc3ccc(Oc4ccc(OC)c(C=O)c4)cc3C3C(CCCCO)C(CCCCO)C=C(C(=NOCc4ccc([N+](=O)[O-])cc4)CC1N(Cc1ccc4c(c1)OCO4)C(=O)OCCOCc1ccccc1)C32. The molecule has 1 amide bonds. The van der Waals surface area contributed by atoms with E-state index in [-0.39, 0.29) is 76.9 Å². The molecule has 6 unspecified atom stereocenters. The number of benzene rings is 5. The Bertz CT molecular complexity index is 2950. The second-order valence-corrected chi connectivity index (χ2v) is 19.6. The van der Waals surface area contributed by atoms with E-state index in [1.807, 2.05) is 54.6 Å². The molecular weight excluding hydrogens is 1000 g/mol. The number of oxime groups is 1. The summed E-state index contributed by atoms with van der Waals surface area (Å²) in [6.45, 7) is 4.47. The third kappa shape index (κ3) is 12.5. The molecule has 1 fully saturated rings. The molecule has 0 aromatic heterocycles. The molecule has 2 N–H and O–H groups in total. The Morgan fingerprint density at radius 1 is 0.859 bits per heavy atom. The van der Waals surface area contributed by atoms with Gasteiger partial charge >= 0.3 is 6.09 Å². The maximum Gasteiger partial charge on any atom is 0.410 e. The quantitative estimate of drug-likeness (QED) is 0.0164. The molecule has 0 radical (unpaired) electrons. The van der Waals surface area contributed by atoms with Crippen molar-refractivity contribution in [2.24, 2.45) is 22.9 Å². The number of hydrogen-bond donors (Lipinski definition) is 2. The number of allylic oxidation sites excluding steroid dienone is 1. The minimum Gasteiger partial charge on any atom is -0.496 e. The number of amides is 1. The smallest absolute Gasteiger partial charge is 0.410 e. The number of aldehydes is 1. The van der Waals surface area contributed by atoms with Gasteiger partial charge in [-0.25, -0.2) is 4.79 Å². The van der Waals surface area contributed by atoms with Crippen LogP contribution in [-0.2, 0) is 38.8 Å². The van der Waals surface area contributed by atoms with Crippen LogP contribution in [0.3, 0.4) is 0 Å². The second kappa shape index (κ2) is 26.0. The van der Waals surface area contributed by atoms with Crippen molar-refractivity contribution in [3.05, 3.63) is 171 Å². The van der Waals surface area contributed by atoms with E-state index in [0.717, 1.165) is 23.1 Å². The topological polar surface area (TPSA) is 216 Å². The van der Waals surface area contributed by atoms with Crippen molar-refractivity contribution in [3.63, 3.8) is 0 Å². The van der Waals surface area contributed by atoms with E-state index in [4.69, 9.17) is 47.9 Å². The number of ether oxygens (including phenoxy) is 8. The summed E-state index contributed by atoms with van der Waals surface area (Å²) in [6.07, 6.45) is 7.89. The lowest BCUT2D eigenvalue weighted by molar-refractivity contribution is -0.384. The Kier molecular flexibility index (Phi) is 18.4. The van der Waals surface area contributed by atoms with Crippen LogP contribution in [0.15, 0.2) is 139 Å². The first-order chi connectivity index (χ1) is 38.2. The van der Waals surface area contributed by atoms with Crippen molar-refractivity contribution in [2.75, 3.05) is 46.9 Å². The number of non-ortho nitro benzene ring substituents is 1. The number of hydrogen-bond acceptors (Lipinski definition) is 16. The van der Waals surface area contributed by atoms with Crippen LogP contribution < -0.4 is 23.7 Å². The number of carbonyl (C=O) groups is 2. The molecule has 5 aromatic rings. The predicted molar refractivity (Wildman–Crippen MR) is 287 cm³/mol. The molecule has 18 nitrogen and oxygen atoms in total. The zero-order chi connectivity index (χ0) is 54.4. The van der Waals surface area contributed by atoms with E-state index < -0.39 is 34.7 Å². The second-order valence-electron chi connectivity index (χ2n) is 19.6. The largest absolute Gasteiger partial charge is 0.496 e. The lowest BCUT2D eigenvalue weighted by Crippen LogP contribution is -2.70. The molecule has 6 atom stereocenters. The fourth-order valence-electron chi connectivity index (χ4n) is 11.2. The van der Waals surface area contributed by atoms with Gasteiger partial charge in [0.1, 0.15) is 42.3 Å². The summed E-state index contributed by atoms with van der Waals surface area (Å²) in [6, 6.07) is 30.8. The van der Waals surface area contributed by atoms with Gasteiger partial charge in [-0.15, -0.1) is 6.58 Å². The summed E-state index contributed by atoms with van der Waals surface area (Å²) in [5, 5.41) is 36.7. The van der Waals surface area contributed by atoms with E-state index in [9.17, 15) is 25.1 Å². The molecule has 18 heteroatoms. The number of methoxy groups -OCH3 is 1. The van der Waals surface area contributed by atoms with Crippen molar-refractivity contribution in [1.29, 1.82) is 0 Å². The summed E-state index contributed by atoms with van der Waals surface area (Å²) < 4.78 is 50.2. The Labute approximate surface area is 452 Å². The Balaban J connectivity index is 1.20. The van der Waals surface area contributed by atoms with Crippen LogP contribution in [0, 0.1) is 27.9 Å². The predicted octanol–water partition coefficient (Wildman–Crippen LogP) is 10.6. The van der Waals surface area contributed by atoms with Gasteiger partial charge in [-0.05, 0) is 120 Å². The van der Waals surface area contributed by atoms with E-state index in [0.29, 0.717) is 102 Å². The number of fused-ring (bicyclic) bond motifs is 3. The van der Waals surface area contributed by atoms with Crippen molar-refractivity contribution >= 4 is 23.8 Å². The highest BCUT2D eigenvalue weighted by Gasteiger charge is 2.66. The first-order valence-corrected chi connectivity index (χ1v) is 26.3. The fourth-order valence-corrected chi connectivity index (χ4v) is 11.2. The van der Waals surface area contributed by atoms with Crippen LogP contribution in [0.2, 0.25) is 0 Å². The van der Waals surface area contributed by atoms with Crippen LogP contribution in [0.1, 0.15) is 83.5 Å². The molecule has 1 saturated carbocycles. The van der Waals surface area contributed by atoms with Gasteiger partial charge in [-0.2, -0.15) is 0 Å². The summed E-state index contributed by atoms with van der Waals surface area (Å²) in [4.78, 5) is 46.3. The summed E-state index contributed by atoms with van der Waals surface area (Å²) in [5.74, 6) is -0.116. The van der Waals surface area contributed by atoms with Crippen LogP contribution in [0.25, 0.3) is 0 Å². The molecule has 2 aliphatic heterocycles. The maximum absolute atomic E-state index is 15.3. The fraction of sp³-hybridized carbons (Fsp3) is 0.383. The zero-order valence-corrected chi connectivity index (χ0v) is 43.6.